The van der Waals surface area contributed by atoms with Crippen LogP contribution in [-0.4, -0.2) is 16.1 Å². The minimum Gasteiger partial charge on any atom is -0.406 e. The topological polar surface area (TPSA) is 27.1 Å². The smallest absolute Gasteiger partial charge is 0.406 e. The van der Waals surface area contributed by atoms with Crippen LogP contribution >= 0.6 is 22.6 Å². The van der Waals surface area contributed by atoms with E-state index in [1.807, 2.05) is 22.6 Å². The molecular weight excluding hydrogens is 360 g/mol. The molecule has 1 heterocycles. The molecule has 2 rings (SSSR count). The van der Waals surface area contributed by atoms with E-state index < -0.39 is 13.3 Å². The third kappa shape index (κ3) is 2.95. The number of alkyl halides is 3. The van der Waals surface area contributed by atoms with E-state index >= 15 is 0 Å². The van der Waals surface area contributed by atoms with E-state index in [1.165, 1.54) is 18.3 Å². The Morgan fingerprint density at radius 3 is 2.56 bits per heavy atom. The number of benzene rings is 1. The highest BCUT2D eigenvalue weighted by Gasteiger charge is 2.31. The zero-order chi connectivity index (χ0) is 15.8. The molecule has 0 saturated heterocycles. The lowest BCUT2D eigenvalue weighted by atomic mass is 10.1. The molecule has 0 atom stereocenters. The molecule has 18 heavy (non-hydrogen) atoms. The van der Waals surface area contributed by atoms with E-state index in [2.05, 4.69) is 9.84 Å². The Kier molecular flexibility index (Phi) is 2.57. The van der Waals surface area contributed by atoms with Crippen LogP contribution in [0.1, 0.15) is 4.11 Å². The van der Waals surface area contributed by atoms with Gasteiger partial charge in [0.25, 0.3) is 0 Å². The van der Waals surface area contributed by atoms with Gasteiger partial charge in [-0.2, -0.15) is 5.10 Å². The summed E-state index contributed by atoms with van der Waals surface area (Å²) in [5.74, 6) is -0.374. The molecule has 96 valence electrons. The van der Waals surface area contributed by atoms with Gasteiger partial charge in [-0.15, -0.1) is 13.2 Å². The van der Waals surface area contributed by atoms with Gasteiger partial charge in [0.2, 0.25) is 0 Å². The largest absolute Gasteiger partial charge is 0.573 e. The molecule has 0 N–H and O–H groups in total. The third-order valence-electron chi connectivity index (χ3n) is 2.09. The van der Waals surface area contributed by atoms with Crippen molar-refractivity contribution in [1.82, 2.24) is 9.78 Å². The Morgan fingerprint density at radius 1 is 1.33 bits per heavy atom. The second kappa shape index (κ2) is 4.79. The van der Waals surface area contributed by atoms with Crippen LogP contribution < -0.4 is 4.74 Å². The molecule has 1 aromatic heterocycles. The van der Waals surface area contributed by atoms with Crippen LogP contribution in [0.3, 0.4) is 0 Å². The minimum atomic E-state index is -4.77. The van der Waals surface area contributed by atoms with Crippen molar-refractivity contribution in [2.75, 3.05) is 0 Å². The normalized spacial score (nSPS) is 14.8. The predicted molar refractivity (Wildman–Crippen MR) is 68.0 cm³/mol. The van der Waals surface area contributed by atoms with Crippen molar-refractivity contribution in [3.8, 4) is 17.0 Å². The highest BCUT2D eigenvalue weighted by atomic mass is 127. The lowest BCUT2D eigenvalue weighted by Crippen LogP contribution is -2.16. The van der Waals surface area contributed by atoms with Gasteiger partial charge in [-0.1, -0.05) is 0 Å². The highest BCUT2D eigenvalue weighted by molar-refractivity contribution is 14.1. The van der Waals surface area contributed by atoms with E-state index in [0.717, 1.165) is 16.8 Å². The summed E-state index contributed by atoms with van der Waals surface area (Å²) >= 11 is 1.91. The number of aromatic nitrogens is 2. The molecule has 2 aromatic rings. The van der Waals surface area contributed by atoms with Gasteiger partial charge in [0.05, 0.1) is 15.5 Å². The zero-order valence-electron chi connectivity index (χ0n) is 11.7. The fraction of sp³-hybridized carbons (Fsp3) is 0.182. The highest BCUT2D eigenvalue weighted by Crippen LogP contribution is 2.28. The van der Waals surface area contributed by atoms with Gasteiger partial charge < -0.3 is 4.74 Å². The molecule has 0 radical (unpaired) electrons. The van der Waals surface area contributed by atoms with Gasteiger partial charge in [0.15, 0.2) is 0 Å². The van der Waals surface area contributed by atoms with Gasteiger partial charge in [-0.3, -0.25) is 4.68 Å². The summed E-state index contributed by atoms with van der Waals surface area (Å²) in [5, 5.41) is 3.78. The van der Waals surface area contributed by atoms with Crippen LogP contribution in [0.2, 0.25) is 0 Å². The molecule has 0 saturated carbocycles. The summed E-state index contributed by atoms with van der Waals surface area (Å²) in [6.07, 6.45) is -3.39. The molecule has 3 nitrogen and oxygen atoms in total. The van der Waals surface area contributed by atoms with Crippen molar-refractivity contribution in [2.24, 2.45) is 6.98 Å². The lowest BCUT2D eigenvalue weighted by molar-refractivity contribution is -0.274. The molecule has 0 fully saturated rings. The van der Waals surface area contributed by atoms with Gasteiger partial charge in [0, 0.05) is 16.7 Å². The summed E-state index contributed by atoms with van der Waals surface area (Å²) in [6, 6.07) is 4.94. The first kappa shape index (κ1) is 9.65. The fourth-order valence-electron chi connectivity index (χ4n) is 1.40. The van der Waals surface area contributed by atoms with Gasteiger partial charge in [-0.25, -0.2) is 0 Å². The van der Waals surface area contributed by atoms with Gasteiger partial charge in [-0.05, 0) is 46.9 Å². The standard InChI is InChI=1S/C11H8F3IN2O/c1-17-10(9(15)6-16-17)7-2-4-8(5-3-7)18-11(12,13)14/h2-6H,1H3/i1D3. The Morgan fingerprint density at radius 2 is 2.00 bits per heavy atom. The second-order valence-corrected chi connectivity index (χ2v) is 4.49. The van der Waals surface area contributed by atoms with Gasteiger partial charge in [0.1, 0.15) is 5.75 Å². The molecular formula is C11H8F3IN2O. The molecule has 1 aromatic carbocycles. The summed E-state index contributed by atoms with van der Waals surface area (Å²) in [5.41, 5.74) is 0.747. The lowest BCUT2D eigenvalue weighted by Gasteiger charge is -2.09. The molecule has 0 unspecified atom stereocenters. The number of halogens is 4. The first-order valence-corrected chi connectivity index (χ1v) is 5.76. The van der Waals surface area contributed by atoms with Crippen LogP contribution in [0, 0.1) is 3.57 Å². The molecule has 0 aliphatic heterocycles. The van der Waals surface area contributed by atoms with Crippen LogP contribution in [0.5, 0.6) is 5.75 Å². The number of hydrogen-bond acceptors (Lipinski definition) is 2. The van der Waals surface area contributed by atoms with Crippen molar-refractivity contribution >= 4 is 22.6 Å². The number of ether oxygens (including phenoxy) is 1. The van der Waals surface area contributed by atoms with Crippen LogP contribution in [0.25, 0.3) is 11.3 Å². The molecule has 0 spiro atoms. The van der Waals surface area contributed by atoms with Crippen molar-refractivity contribution in [2.45, 2.75) is 6.36 Å². The SMILES string of the molecule is [2H]C([2H])([2H])n1ncc(I)c1-c1ccc(OC(F)(F)F)cc1. The Hall–Kier alpha value is -1.25. The molecule has 0 amide bonds. The van der Waals surface area contributed by atoms with E-state index in [4.69, 9.17) is 4.11 Å². The minimum absolute atomic E-state index is 0.314. The van der Waals surface area contributed by atoms with E-state index in [9.17, 15) is 13.2 Å². The summed E-state index contributed by atoms with van der Waals surface area (Å²) < 4.78 is 63.6. The third-order valence-corrected chi connectivity index (χ3v) is 2.88. The average molecular weight is 371 g/mol. The van der Waals surface area contributed by atoms with Crippen LogP contribution in [0.4, 0.5) is 13.2 Å². The monoisotopic (exact) mass is 371 g/mol. The molecule has 0 bridgehead atoms. The Balaban J connectivity index is 2.38. The maximum absolute atomic E-state index is 12.1. The molecule has 7 heteroatoms. The average Bonchev–Trinajstić information content (AvgIpc) is 2.70. The molecule has 0 aliphatic rings. The van der Waals surface area contributed by atoms with Crippen molar-refractivity contribution in [3.63, 3.8) is 0 Å². The first-order valence-electron chi connectivity index (χ1n) is 6.18. The summed E-state index contributed by atoms with van der Waals surface area (Å²) in [6.45, 7) is -2.47. The second-order valence-electron chi connectivity index (χ2n) is 3.33. The van der Waals surface area contributed by atoms with Crippen molar-refractivity contribution in [3.05, 3.63) is 34.0 Å². The Bertz CT molecular complexity index is 638. The summed E-state index contributed by atoms with van der Waals surface area (Å²) in [4.78, 5) is 0. The maximum atomic E-state index is 12.1. The van der Waals surface area contributed by atoms with E-state index in [0.29, 0.717) is 14.8 Å². The number of aryl methyl sites for hydroxylation is 1. The maximum Gasteiger partial charge on any atom is 0.573 e. The number of rotatable bonds is 2. The molecule has 0 aliphatic carbocycles. The van der Waals surface area contributed by atoms with Crippen LogP contribution in [0.15, 0.2) is 30.5 Å². The van der Waals surface area contributed by atoms with E-state index in [1.54, 1.807) is 0 Å². The predicted octanol–water partition coefficient (Wildman–Crippen LogP) is 3.59. The number of nitrogens with zero attached hydrogens (tertiary/aromatic N) is 2. The zero-order valence-corrected chi connectivity index (χ0v) is 10.9. The van der Waals surface area contributed by atoms with E-state index in [-0.39, 0.29) is 5.75 Å². The quantitative estimate of drug-likeness (QED) is 0.755. The Labute approximate surface area is 119 Å². The van der Waals surface area contributed by atoms with Crippen LogP contribution in [-0.2, 0) is 6.98 Å². The first-order chi connectivity index (χ1) is 9.58. The summed E-state index contributed by atoms with van der Waals surface area (Å²) in [7, 11) is 0. The van der Waals surface area contributed by atoms with Crippen molar-refractivity contribution in [1.29, 1.82) is 0 Å². The number of hydrogen-bond donors (Lipinski definition) is 0. The van der Waals surface area contributed by atoms with Crippen molar-refractivity contribution < 1.29 is 22.0 Å². The fourth-order valence-corrected chi connectivity index (χ4v) is 2.07. The van der Waals surface area contributed by atoms with Gasteiger partial charge >= 0.3 is 6.36 Å².